The third-order valence-corrected chi connectivity index (χ3v) is 12.6. The van der Waals surface area contributed by atoms with Crippen LogP contribution < -0.4 is 25.2 Å². The van der Waals surface area contributed by atoms with E-state index in [0.29, 0.717) is 28.4 Å². The van der Waals surface area contributed by atoms with Gasteiger partial charge in [-0.25, -0.2) is 14.8 Å². The lowest BCUT2D eigenvalue weighted by atomic mass is 9.92. The zero-order chi connectivity index (χ0) is 41.3. The van der Waals surface area contributed by atoms with Gasteiger partial charge >= 0.3 is 0 Å². The van der Waals surface area contributed by atoms with E-state index in [4.69, 9.17) is 11.3 Å². The summed E-state index contributed by atoms with van der Waals surface area (Å²) in [6.45, 7) is 13.5. The van der Waals surface area contributed by atoms with E-state index in [2.05, 4.69) is 45.1 Å². The van der Waals surface area contributed by atoms with Crippen LogP contribution in [0.1, 0.15) is 82.6 Å². The Morgan fingerprint density at radius 1 is 0.833 bits per heavy atom. The van der Waals surface area contributed by atoms with Gasteiger partial charge in [-0.05, 0) is 87.3 Å². The molecular weight excluding hydrogens is 765 g/mol. The average molecular weight is 811 g/mol. The van der Waals surface area contributed by atoms with Gasteiger partial charge < -0.3 is 19.9 Å². The fourth-order valence-corrected chi connectivity index (χ4v) is 9.24. The molecule has 5 aliphatic rings. The number of anilines is 2. The van der Waals surface area contributed by atoms with E-state index >= 15 is 0 Å². The SMILES string of the molecule is [C-]#[N+]c1ccc(OC2CCC(NC(=O)c3cnc(N4CCC(CN5CCN(c6ccc7c(c6)C(=O)N(C6CCC(=O)NC6=O)C7=O)CC5)CC4)cn3)CC2)c2cccnc12. The first-order chi connectivity index (χ1) is 29.2. The standard InChI is InChI=1S/C44H46N10O6/c1-45-34-10-12-37(32-3-2-16-46-40(32)34)60-30-7-4-28(5-8-30)49-41(56)35-24-48-38(25-47-35)53-17-14-27(15-18-53)26-51-19-21-52(22-20-51)29-6-9-31-33(23-29)44(59)54(43(31)58)36-11-13-39(55)50-42(36)57/h2-3,6,9-10,12,16,23-25,27-28,30,36H,4-5,7-8,11,13-15,17-22,26H2,(H,49,56)(H,50,55,57). The van der Waals surface area contributed by atoms with E-state index < -0.39 is 29.7 Å². The maximum atomic E-state index is 13.3. The Morgan fingerprint density at radius 2 is 1.62 bits per heavy atom. The summed E-state index contributed by atoms with van der Waals surface area (Å²) >= 11 is 0. The second-order valence-corrected chi connectivity index (χ2v) is 16.3. The highest BCUT2D eigenvalue weighted by molar-refractivity contribution is 6.23. The van der Waals surface area contributed by atoms with Gasteiger partial charge in [0.25, 0.3) is 17.7 Å². The van der Waals surface area contributed by atoms with Crippen LogP contribution in [-0.2, 0) is 9.59 Å². The fraction of sp³-hybridized carbons (Fsp3) is 0.432. The van der Waals surface area contributed by atoms with Crippen LogP contribution in [-0.4, -0.2) is 118 Å². The number of ether oxygens (including phenoxy) is 1. The van der Waals surface area contributed by atoms with Crippen molar-refractivity contribution in [2.24, 2.45) is 5.92 Å². The van der Waals surface area contributed by atoms with Crippen molar-refractivity contribution in [2.75, 3.05) is 55.6 Å². The molecule has 3 saturated heterocycles. The van der Waals surface area contributed by atoms with Gasteiger partial charge in [0.15, 0.2) is 0 Å². The van der Waals surface area contributed by atoms with Crippen LogP contribution in [0.5, 0.6) is 5.75 Å². The third kappa shape index (κ3) is 7.84. The zero-order valence-electron chi connectivity index (χ0n) is 33.2. The van der Waals surface area contributed by atoms with Crippen LogP contribution in [0.25, 0.3) is 15.7 Å². The summed E-state index contributed by atoms with van der Waals surface area (Å²) < 4.78 is 6.36. The van der Waals surface area contributed by atoms with Gasteiger partial charge in [0.2, 0.25) is 17.5 Å². The number of hydrogen-bond donors (Lipinski definition) is 2. The molecule has 2 aromatic carbocycles. The number of carbonyl (C=O) groups excluding carboxylic acids is 5. The lowest BCUT2D eigenvalue weighted by Gasteiger charge is -2.39. The number of piperazine rings is 1. The van der Waals surface area contributed by atoms with Crippen LogP contribution in [0.4, 0.5) is 17.2 Å². The Kier molecular flexibility index (Phi) is 10.8. The molecule has 4 aliphatic heterocycles. The highest BCUT2D eigenvalue weighted by atomic mass is 16.5. The molecule has 16 nitrogen and oxygen atoms in total. The number of aromatic nitrogens is 3. The Balaban J connectivity index is 0.701. The minimum Gasteiger partial charge on any atom is -0.490 e. The molecule has 4 aromatic rings. The van der Waals surface area contributed by atoms with Crippen molar-refractivity contribution in [1.82, 2.24) is 35.4 Å². The summed E-state index contributed by atoms with van der Waals surface area (Å²) in [6.07, 6.45) is 10.4. The number of carbonyl (C=O) groups is 5. The van der Waals surface area contributed by atoms with Gasteiger partial charge in [0, 0.05) is 75.5 Å². The largest absolute Gasteiger partial charge is 0.490 e. The van der Waals surface area contributed by atoms with Crippen LogP contribution in [0.2, 0.25) is 0 Å². The van der Waals surface area contributed by atoms with Crippen molar-refractivity contribution < 1.29 is 28.7 Å². The number of nitrogens with one attached hydrogen (secondary N) is 2. The summed E-state index contributed by atoms with van der Waals surface area (Å²) in [5, 5.41) is 6.21. The molecule has 2 N–H and O–H groups in total. The number of hydrogen-bond acceptors (Lipinski definition) is 12. The number of imide groups is 2. The molecule has 0 radical (unpaired) electrons. The maximum absolute atomic E-state index is 13.3. The molecular formula is C44H46N10O6. The molecule has 9 rings (SSSR count). The van der Waals surface area contributed by atoms with Crippen molar-refractivity contribution in [3.63, 3.8) is 0 Å². The van der Waals surface area contributed by atoms with Crippen LogP contribution in [0, 0.1) is 12.5 Å². The minimum absolute atomic E-state index is 0.0166. The van der Waals surface area contributed by atoms with Gasteiger partial charge in [-0.2, -0.15) is 0 Å². The molecule has 60 heavy (non-hydrogen) atoms. The molecule has 0 spiro atoms. The highest BCUT2D eigenvalue weighted by Crippen LogP contribution is 2.35. The summed E-state index contributed by atoms with van der Waals surface area (Å²) in [4.78, 5) is 88.7. The van der Waals surface area contributed by atoms with Crippen LogP contribution in [0.15, 0.2) is 61.1 Å². The molecule has 1 atom stereocenters. The normalized spacial score (nSPS) is 22.7. The number of amides is 5. The number of nitrogens with zero attached hydrogens (tertiary/aromatic N) is 8. The lowest BCUT2D eigenvalue weighted by Crippen LogP contribution is -2.54. The first-order valence-electron chi connectivity index (χ1n) is 20.8. The quantitative estimate of drug-likeness (QED) is 0.183. The van der Waals surface area contributed by atoms with Crippen LogP contribution >= 0.6 is 0 Å². The maximum Gasteiger partial charge on any atom is 0.271 e. The summed E-state index contributed by atoms with van der Waals surface area (Å²) in [6, 6.07) is 11.7. The second-order valence-electron chi connectivity index (χ2n) is 16.3. The van der Waals surface area contributed by atoms with Crippen molar-refractivity contribution in [1.29, 1.82) is 0 Å². The van der Waals surface area contributed by atoms with Crippen molar-refractivity contribution in [2.45, 2.75) is 69.6 Å². The van der Waals surface area contributed by atoms with Gasteiger partial charge in [-0.1, -0.05) is 6.07 Å². The number of benzene rings is 2. The Morgan fingerprint density at radius 3 is 2.35 bits per heavy atom. The van der Waals surface area contributed by atoms with Crippen molar-refractivity contribution >= 4 is 57.6 Å². The topological polar surface area (TPSA) is 175 Å². The molecule has 308 valence electrons. The van der Waals surface area contributed by atoms with Gasteiger partial charge in [0.05, 0.1) is 41.7 Å². The van der Waals surface area contributed by atoms with Crippen molar-refractivity contribution in [3.05, 3.63) is 89.3 Å². The van der Waals surface area contributed by atoms with Gasteiger partial charge in [-0.15, -0.1) is 0 Å². The van der Waals surface area contributed by atoms with E-state index in [9.17, 15) is 24.0 Å². The molecule has 0 bridgehead atoms. The Hall–Kier alpha value is -6.47. The molecule has 6 heterocycles. The predicted molar refractivity (Wildman–Crippen MR) is 221 cm³/mol. The molecule has 5 amide bonds. The fourth-order valence-electron chi connectivity index (χ4n) is 9.24. The number of pyridine rings is 1. The minimum atomic E-state index is -0.977. The number of fused-ring (bicyclic) bond motifs is 2. The average Bonchev–Trinajstić information content (AvgIpc) is 3.52. The van der Waals surface area contributed by atoms with Gasteiger partial charge in [-0.3, -0.25) is 44.1 Å². The number of piperidine rings is 2. The van der Waals surface area contributed by atoms with Crippen LogP contribution in [0.3, 0.4) is 0 Å². The molecule has 4 fully saturated rings. The molecule has 1 unspecified atom stereocenters. The summed E-state index contributed by atoms with van der Waals surface area (Å²) in [5.41, 5.74) is 2.92. The smallest absolute Gasteiger partial charge is 0.271 e. The third-order valence-electron chi connectivity index (χ3n) is 12.6. The number of rotatable bonds is 9. The monoisotopic (exact) mass is 810 g/mol. The Labute approximate surface area is 347 Å². The summed E-state index contributed by atoms with van der Waals surface area (Å²) in [5.74, 6) is -0.158. The van der Waals surface area contributed by atoms with Crippen molar-refractivity contribution in [3.8, 4) is 5.75 Å². The van der Waals surface area contributed by atoms with E-state index in [1.54, 1.807) is 36.8 Å². The Bertz CT molecular complexity index is 2380. The van der Waals surface area contributed by atoms with E-state index in [1.165, 1.54) is 0 Å². The molecule has 2 aromatic heterocycles. The molecule has 1 aliphatic carbocycles. The predicted octanol–water partition coefficient (Wildman–Crippen LogP) is 4.14. The van der Waals surface area contributed by atoms with E-state index in [1.807, 2.05) is 24.3 Å². The first-order valence-corrected chi connectivity index (χ1v) is 20.8. The van der Waals surface area contributed by atoms with Gasteiger partial charge in [0.1, 0.15) is 23.3 Å². The molecule has 1 saturated carbocycles. The second kappa shape index (κ2) is 16.6. The molecule has 16 heteroatoms. The summed E-state index contributed by atoms with van der Waals surface area (Å²) in [7, 11) is 0. The zero-order valence-corrected chi connectivity index (χ0v) is 33.2. The first kappa shape index (κ1) is 39.0. The highest BCUT2D eigenvalue weighted by Gasteiger charge is 2.45. The lowest BCUT2D eigenvalue weighted by molar-refractivity contribution is -0.136. The van der Waals surface area contributed by atoms with E-state index in [-0.39, 0.29) is 36.5 Å². The van der Waals surface area contributed by atoms with E-state index in [0.717, 1.165) is 112 Å².